The number of aromatic nitrogens is 1. The van der Waals surface area contributed by atoms with Crippen LogP contribution in [0.3, 0.4) is 0 Å². The molecule has 2 saturated heterocycles. The van der Waals surface area contributed by atoms with Crippen LogP contribution in [0.25, 0.3) is 0 Å². The van der Waals surface area contributed by atoms with E-state index in [4.69, 9.17) is 4.74 Å². The Balaban J connectivity index is 1.50. The lowest BCUT2D eigenvalue weighted by molar-refractivity contribution is -0.145. The number of rotatable bonds is 4. The number of pyridine rings is 1. The Hall–Kier alpha value is -1.75. The molecular formula is C20H24N2O2. The van der Waals surface area contributed by atoms with Crippen LogP contribution in [-0.2, 0) is 17.7 Å². The third-order valence-corrected chi connectivity index (χ3v) is 5.28. The number of benzene rings is 1. The second kappa shape index (κ2) is 6.63. The number of fused-ring (bicyclic) bond motifs is 2. The van der Waals surface area contributed by atoms with Crippen LogP contribution in [-0.4, -0.2) is 45.9 Å². The molecule has 0 radical (unpaired) electrons. The summed E-state index contributed by atoms with van der Waals surface area (Å²) in [4.78, 5) is 6.60. The molecular weight excluding hydrogens is 300 g/mol. The molecule has 2 aromatic rings. The van der Waals surface area contributed by atoms with Gasteiger partial charge in [-0.15, -0.1) is 0 Å². The van der Waals surface area contributed by atoms with Crippen molar-refractivity contribution in [1.29, 1.82) is 0 Å². The van der Waals surface area contributed by atoms with E-state index < -0.39 is 5.60 Å². The molecule has 2 bridgehead atoms. The maximum Gasteiger partial charge on any atom is 0.0719 e. The van der Waals surface area contributed by atoms with E-state index in [2.05, 4.69) is 40.2 Å². The van der Waals surface area contributed by atoms with E-state index in [1.165, 1.54) is 5.56 Å². The molecule has 2 unspecified atom stereocenters. The Labute approximate surface area is 143 Å². The van der Waals surface area contributed by atoms with Crippen LogP contribution in [0.4, 0.5) is 0 Å². The molecule has 0 spiro atoms. The molecule has 0 saturated carbocycles. The Kier molecular flexibility index (Phi) is 4.35. The molecule has 126 valence electrons. The van der Waals surface area contributed by atoms with Gasteiger partial charge in [0.15, 0.2) is 0 Å². The summed E-state index contributed by atoms with van der Waals surface area (Å²) in [5.74, 6) is 0. The van der Waals surface area contributed by atoms with E-state index in [0.717, 1.165) is 24.9 Å². The monoisotopic (exact) mass is 324 g/mol. The fraction of sp³-hybridized carbons (Fsp3) is 0.450. The molecule has 4 nitrogen and oxygen atoms in total. The van der Waals surface area contributed by atoms with E-state index in [0.29, 0.717) is 19.6 Å². The maximum absolute atomic E-state index is 11.2. The largest absolute Gasteiger partial charge is 0.389 e. The van der Waals surface area contributed by atoms with Gasteiger partial charge in [0.25, 0.3) is 0 Å². The second-order valence-electron chi connectivity index (χ2n) is 7.17. The van der Waals surface area contributed by atoms with Crippen molar-refractivity contribution >= 4 is 0 Å². The van der Waals surface area contributed by atoms with Gasteiger partial charge in [-0.3, -0.25) is 9.88 Å². The SMILES string of the molecule is OC1(Cc2ccncc2)CC2COCC(C1)N2Cc1ccccc1. The average Bonchev–Trinajstić information content (AvgIpc) is 2.58. The first-order chi connectivity index (χ1) is 11.7. The van der Waals surface area contributed by atoms with Crippen molar-refractivity contribution in [3.05, 3.63) is 66.0 Å². The summed E-state index contributed by atoms with van der Waals surface area (Å²) in [6.07, 6.45) is 5.82. The molecule has 0 aliphatic carbocycles. The lowest BCUT2D eigenvalue weighted by Crippen LogP contribution is -2.61. The summed E-state index contributed by atoms with van der Waals surface area (Å²) in [7, 11) is 0. The van der Waals surface area contributed by atoms with Crippen LogP contribution in [0.1, 0.15) is 24.0 Å². The van der Waals surface area contributed by atoms with Gasteiger partial charge in [-0.25, -0.2) is 0 Å². The molecule has 4 heteroatoms. The quantitative estimate of drug-likeness (QED) is 0.938. The van der Waals surface area contributed by atoms with E-state index in [1.807, 2.05) is 12.1 Å². The fourth-order valence-electron chi connectivity index (χ4n) is 4.22. The molecule has 2 fully saturated rings. The van der Waals surface area contributed by atoms with Gasteiger partial charge >= 0.3 is 0 Å². The summed E-state index contributed by atoms with van der Waals surface area (Å²) in [5.41, 5.74) is 1.84. The number of hydrogen-bond acceptors (Lipinski definition) is 4. The summed E-state index contributed by atoms with van der Waals surface area (Å²) in [6, 6.07) is 15.1. The van der Waals surface area contributed by atoms with E-state index in [9.17, 15) is 5.11 Å². The number of aliphatic hydroxyl groups is 1. The maximum atomic E-state index is 11.2. The van der Waals surface area contributed by atoms with Gasteiger partial charge in [0.05, 0.1) is 18.8 Å². The molecule has 4 rings (SSSR count). The minimum atomic E-state index is -0.645. The Morgan fingerprint density at radius 3 is 2.33 bits per heavy atom. The van der Waals surface area contributed by atoms with Crippen LogP contribution in [0.15, 0.2) is 54.9 Å². The van der Waals surface area contributed by atoms with Crippen molar-refractivity contribution in [2.24, 2.45) is 0 Å². The lowest BCUT2D eigenvalue weighted by Gasteiger charge is -2.51. The Bertz CT molecular complexity index is 648. The zero-order valence-corrected chi connectivity index (χ0v) is 13.8. The molecule has 2 atom stereocenters. The highest BCUT2D eigenvalue weighted by atomic mass is 16.5. The molecule has 24 heavy (non-hydrogen) atoms. The highest BCUT2D eigenvalue weighted by Crippen LogP contribution is 2.37. The van der Waals surface area contributed by atoms with E-state index in [1.54, 1.807) is 12.4 Å². The first-order valence-electron chi connectivity index (χ1n) is 8.71. The Morgan fingerprint density at radius 1 is 1.00 bits per heavy atom. The summed E-state index contributed by atoms with van der Waals surface area (Å²) >= 11 is 0. The minimum absolute atomic E-state index is 0.282. The number of hydrogen-bond donors (Lipinski definition) is 1. The van der Waals surface area contributed by atoms with E-state index in [-0.39, 0.29) is 12.1 Å². The molecule has 1 aromatic heterocycles. The molecule has 1 N–H and O–H groups in total. The standard InChI is InChI=1S/C20H24N2O2/c23-20(10-16-6-8-21-9-7-16)11-18-14-24-15-19(12-20)22(18)13-17-4-2-1-3-5-17/h1-9,18-19,23H,10-15H2. The first kappa shape index (κ1) is 15.8. The average molecular weight is 324 g/mol. The minimum Gasteiger partial charge on any atom is -0.389 e. The van der Waals surface area contributed by atoms with Crippen LogP contribution in [0.2, 0.25) is 0 Å². The van der Waals surface area contributed by atoms with Crippen LogP contribution < -0.4 is 0 Å². The fourth-order valence-corrected chi connectivity index (χ4v) is 4.22. The van der Waals surface area contributed by atoms with E-state index >= 15 is 0 Å². The smallest absolute Gasteiger partial charge is 0.0719 e. The zero-order chi connectivity index (χ0) is 16.4. The molecule has 3 heterocycles. The highest BCUT2D eigenvalue weighted by Gasteiger charge is 2.45. The second-order valence-corrected chi connectivity index (χ2v) is 7.17. The first-order valence-corrected chi connectivity index (χ1v) is 8.71. The van der Waals surface area contributed by atoms with Crippen LogP contribution in [0.5, 0.6) is 0 Å². The van der Waals surface area contributed by atoms with Gasteiger partial charge in [0, 0.05) is 37.4 Å². The third kappa shape index (κ3) is 3.36. The van der Waals surface area contributed by atoms with Crippen molar-refractivity contribution < 1.29 is 9.84 Å². The molecule has 0 amide bonds. The van der Waals surface area contributed by atoms with Crippen molar-refractivity contribution in [3.63, 3.8) is 0 Å². The summed E-state index contributed by atoms with van der Waals surface area (Å²) < 4.78 is 5.79. The lowest BCUT2D eigenvalue weighted by atomic mass is 9.77. The summed E-state index contributed by atoms with van der Waals surface area (Å²) in [6.45, 7) is 2.36. The number of piperidine rings is 1. The van der Waals surface area contributed by atoms with Crippen LogP contribution in [0, 0.1) is 0 Å². The zero-order valence-electron chi connectivity index (χ0n) is 13.8. The topological polar surface area (TPSA) is 45.6 Å². The molecule has 1 aromatic carbocycles. The van der Waals surface area contributed by atoms with Crippen molar-refractivity contribution in [2.75, 3.05) is 13.2 Å². The Morgan fingerprint density at radius 2 is 1.67 bits per heavy atom. The van der Waals surface area contributed by atoms with Gasteiger partial charge in [-0.1, -0.05) is 30.3 Å². The number of nitrogens with zero attached hydrogens (tertiary/aromatic N) is 2. The predicted octanol–water partition coefficient (Wildman–Crippen LogP) is 2.42. The molecule has 2 aliphatic heterocycles. The normalized spacial score (nSPS) is 30.2. The summed E-state index contributed by atoms with van der Waals surface area (Å²) in [5, 5.41) is 11.2. The number of ether oxygens (including phenoxy) is 1. The van der Waals surface area contributed by atoms with Gasteiger partial charge < -0.3 is 9.84 Å². The van der Waals surface area contributed by atoms with Gasteiger partial charge in [0.1, 0.15) is 0 Å². The van der Waals surface area contributed by atoms with Crippen molar-refractivity contribution in [3.8, 4) is 0 Å². The van der Waals surface area contributed by atoms with Gasteiger partial charge in [-0.2, -0.15) is 0 Å². The van der Waals surface area contributed by atoms with Crippen LogP contribution >= 0.6 is 0 Å². The predicted molar refractivity (Wildman–Crippen MR) is 92.5 cm³/mol. The highest BCUT2D eigenvalue weighted by molar-refractivity contribution is 5.17. The third-order valence-electron chi connectivity index (χ3n) is 5.28. The van der Waals surface area contributed by atoms with Crippen molar-refractivity contribution in [2.45, 2.75) is 43.5 Å². The van der Waals surface area contributed by atoms with Gasteiger partial charge in [0.2, 0.25) is 0 Å². The van der Waals surface area contributed by atoms with Gasteiger partial charge in [-0.05, 0) is 36.1 Å². The van der Waals surface area contributed by atoms with Crippen molar-refractivity contribution in [1.82, 2.24) is 9.88 Å². The number of morpholine rings is 1. The molecule has 2 aliphatic rings.